The number of rotatable bonds is 5. The molecule has 2 aromatic carbocycles. The van der Waals surface area contributed by atoms with E-state index in [9.17, 15) is 23.9 Å². The van der Waals surface area contributed by atoms with Gasteiger partial charge < -0.3 is 19.7 Å². The number of ether oxygens (including phenoxy) is 1. The van der Waals surface area contributed by atoms with Crippen LogP contribution < -0.4 is 10.3 Å². The van der Waals surface area contributed by atoms with E-state index in [0.29, 0.717) is 47.0 Å². The second kappa shape index (κ2) is 9.23. The van der Waals surface area contributed by atoms with Gasteiger partial charge in [0.25, 0.3) is 11.5 Å². The molecule has 1 aromatic heterocycles. The van der Waals surface area contributed by atoms with Crippen molar-refractivity contribution in [3.63, 3.8) is 0 Å². The molecular weight excluding hydrogens is 451 g/mol. The Balaban J connectivity index is 1.59. The number of benzene rings is 2. The second-order valence-corrected chi connectivity index (χ2v) is 8.49. The summed E-state index contributed by atoms with van der Waals surface area (Å²) in [4.78, 5) is 40.7. The van der Waals surface area contributed by atoms with Gasteiger partial charge in [-0.25, -0.2) is 4.39 Å². The molecule has 2 N–H and O–H groups in total. The molecule has 1 amide bonds. The number of fused-ring (bicyclic) bond motifs is 1. The van der Waals surface area contributed by atoms with E-state index in [1.54, 1.807) is 25.1 Å². The number of aliphatic carboxylic acids is 1. The van der Waals surface area contributed by atoms with E-state index < -0.39 is 23.8 Å². The topological polar surface area (TPSA) is 99.7 Å². The fourth-order valence-corrected chi connectivity index (χ4v) is 4.40. The van der Waals surface area contributed by atoms with Crippen LogP contribution in [0.5, 0.6) is 5.75 Å². The van der Waals surface area contributed by atoms with Gasteiger partial charge in [-0.05, 0) is 61.5 Å². The zero-order valence-corrected chi connectivity index (χ0v) is 18.6. The van der Waals surface area contributed by atoms with Crippen molar-refractivity contribution in [1.29, 1.82) is 0 Å². The number of aromatic amines is 1. The number of carboxylic acid groups (broad SMARTS) is 1. The molecule has 0 spiro atoms. The molecule has 1 fully saturated rings. The predicted octanol–water partition coefficient (Wildman–Crippen LogP) is 4.08. The lowest BCUT2D eigenvalue weighted by molar-refractivity contribution is -0.147. The van der Waals surface area contributed by atoms with Crippen LogP contribution >= 0.6 is 11.6 Å². The number of nitrogens with one attached hydrogen (secondary N) is 1. The van der Waals surface area contributed by atoms with Crippen LogP contribution in [0, 0.1) is 11.7 Å². The number of aromatic nitrogens is 1. The van der Waals surface area contributed by atoms with Crippen LogP contribution in [0.3, 0.4) is 0 Å². The third kappa shape index (κ3) is 4.71. The van der Waals surface area contributed by atoms with Gasteiger partial charge in [0.15, 0.2) is 6.10 Å². The molecule has 1 saturated heterocycles. The van der Waals surface area contributed by atoms with E-state index in [4.69, 9.17) is 16.3 Å². The highest BCUT2D eigenvalue weighted by atomic mass is 35.5. The van der Waals surface area contributed by atoms with Crippen LogP contribution in [0.2, 0.25) is 5.02 Å². The number of piperidine rings is 1. The molecule has 0 unspecified atom stereocenters. The number of H-pyrrole nitrogens is 1. The van der Waals surface area contributed by atoms with Crippen molar-refractivity contribution in [2.45, 2.75) is 25.9 Å². The smallest absolute Gasteiger partial charge is 0.308 e. The lowest BCUT2D eigenvalue weighted by atomic mass is 9.98. The van der Waals surface area contributed by atoms with Crippen LogP contribution in [0.25, 0.3) is 21.9 Å². The summed E-state index contributed by atoms with van der Waals surface area (Å²) in [5.74, 6) is -1.93. The second-order valence-electron chi connectivity index (χ2n) is 8.08. The number of hydrogen-bond donors (Lipinski definition) is 2. The van der Waals surface area contributed by atoms with Crippen LogP contribution in [-0.4, -0.2) is 46.1 Å². The minimum atomic E-state index is -0.910. The first-order chi connectivity index (χ1) is 15.7. The van der Waals surface area contributed by atoms with Gasteiger partial charge in [0, 0.05) is 30.4 Å². The first-order valence-corrected chi connectivity index (χ1v) is 10.9. The summed E-state index contributed by atoms with van der Waals surface area (Å²) >= 11 is 6.21. The molecule has 0 aliphatic carbocycles. The summed E-state index contributed by atoms with van der Waals surface area (Å²) in [5, 5.41) is 10.4. The lowest BCUT2D eigenvalue weighted by Crippen LogP contribution is -2.47. The summed E-state index contributed by atoms with van der Waals surface area (Å²) < 4.78 is 19.3. The maximum Gasteiger partial charge on any atom is 0.308 e. The molecule has 7 nitrogen and oxygen atoms in total. The van der Waals surface area contributed by atoms with Crippen molar-refractivity contribution < 1.29 is 23.8 Å². The number of pyridine rings is 1. The Morgan fingerprint density at radius 1 is 1.21 bits per heavy atom. The average molecular weight is 473 g/mol. The maximum absolute atomic E-state index is 13.5. The highest BCUT2D eigenvalue weighted by molar-refractivity contribution is 6.33. The summed E-state index contributed by atoms with van der Waals surface area (Å²) in [5.41, 5.74) is 0.838. The average Bonchev–Trinajstić information content (AvgIpc) is 2.79. The van der Waals surface area contributed by atoms with Gasteiger partial charge in [-0.2, -0.15) is 0 Å². The Hall–Kier alpha value is -3.39. The normalized spacial score (nSPS) is 17.1. The number of nitrogens with zero attached hydrogens (tertiary/aromatic N) is 1. The highest BCUT2D eigenvalue weighted by Crippen LogP contribution is 2.33. The summed E-state index contributed by atoms with van der Waals surface area (Å²) in [6.45, 7) is 2.23. The number of likely N-dealkylation sites (tertiary alicyclic amines) is 1. The van der Waals surface area contributed by atoms with Crippen molar-refractivity contribution in [1.82, 2.24) is 9.88 Å². The van der Waals surface area contributed by atoms with E-state index in [2.05, 4.69) is 4.98 Å². The Labute approximate surface area is 193 Å². The van der Waals surface area contributed by atoms with Crippen LogP contribution in [0.15, 0.2) is 47.4 Å². The molecule has 0 bridgehead atoms. The molecule has 2 heterocycles. The molecule has 172 valence electrons. The largest absolute Gasteiger partial charge is 0.481 e. The van der Waals surface area contributed by atoms with Gasteiger partial charge in [-0.1, -0.05) is 11.6 Å². The molecule has 1 aliphatic heterocycles. The molecule has 9 heteroatoms. The standard InChI is InChI=1S/C24H22ClFN2O5/c1-13(23(30)28-8-2-3-14(12-28)24(31)32)33-16-5-7-17-19(10-16)22(29)27-11-20(17)18-6-4-15(26)9-21(18)25/h4-7,9-11,13-14H,2-3,8,12H2,1H3,(H,27,29)(H,31,32)/t13-,14+/m1/s1. The third-order valence-electron chi connectivity index (χ3n) is 5.84. The molecule has 2 atom stereocenters. The highest BCUT2D eigenvalue weighted by Gasteiger charge is 2.31. The summed E-state index contributed by atoms with van der Waals surface area (Å²) in [6.07, 6.45) is 1.83. The molecule has 0 radical (unpaired) electrons. The van der Waals surface area contributed by atoms with Crippen molar-refractivity contribution in [3.8, 4) is 16.9 Å². The molecule has 33 heavy (non-hydrogen) atoms. The Morgan fingerprint density at radius 3 is 2.73 bits per heavy atom. The van der Waals surface area contributed by atoms with Crippen molar-refractivity contribution in [2.24, 2.45) is 5.92 Å². The van der Waals surface area contributed by atoms with E-state index >= 15 is 0 Å². The van der Waals surface area contributed by atoms with Gasteiger partial charge in [0.1, 0.15) is 11.6 Å². The van der Waals surface area contributed by atoms with E-state index in [1.165, 1.54) is 29.3 Å². The zero-order chi connectivity index (χ0) is 23.7. The molecule has 0 saturated carbocycles. The Kier molecular flexibility index (Phi) is 6.37. The minimum absolute atomic E-state index is 0.154. The summed E-state index contributed by atoms with van der Waals surface area (Å²) in [6, 6.07) is 8.90. The van der Waals surface area contributed by atoms with Crippen LogP contribution in [-0.2, 0) is 9.59 Å². The fourth-order valence-electron chi connectivity index (χ4n) is 4.13. The first-order valence-electron chi connectivity index (χ1n) is 10.5. The quantitative estimate of drug-likeness (QED) is 0.583. The number of halogens is 2. The van der Waals surface area contributed by atoms with Crippen molar-refractivity contribution in [2.75, 3.05) is 13.1 Å². The van der Waals surface area contributed by atoms with Gasteiger partial charge in [-0.15, -0.1) is 0 Å². The third-order valence-corrected chi connectivity index (χ3v) is 6.15. The Morgan fingerprint density at radius 2 is 2.00 bits per heavy atom. The molecule has 4 rings (SSSR count). The Bertz CT molecular complexity index is 1290. The van der Waals surface area contributed by atoms with Crippen molar-refractivity contribution >= 4 is 34.2 Å². The number of carbonyl (C=O) groups is 2. The van der Waals surface area contributed by atoms with Gasteiger partial charge >= 0.3 is 5.97 Å². The predicted molar refractivity (Wildman–Crippen MR) is 122 cm³/mol. The van der Waals surface area contributed by atoms with Gasteiger partial charge in [0.05, 0.1) is 16.3 Å². The lowest BCUT2D eigenvalue weighted by Gasteiger charge is -2.32. The van der Waals surface area contributed by atoms with Crippen LogP contribution in [0.1, 0.15) is 19.8 Å². The number of carboxylic acids is 1. The van der Waals surface area contributed by atoms with Crippen LogP contribution in [0.4, 0.5) is 4.39 Å². The monoisotopic (exact) mass is 472 g/mol. The zero-order valence-electron chi connectivity index (χ0n) is 17.8. The minimum Gasteiger partial charge on any atom is -0.481 e. The fraction of sp³-hybridized carbons (Fsp3) is 0.292. The molecule has 1 aliphatic rings. The van der Waals surface area contributed by atoms with Crippen molar-refractivity contribution in [3.05, 3.63) is 63.8 Å². The molecular formula is C24H22ClFN2O5. The first kappa shape index (κ1) is 22.8. The van der Waals surface area contributed by atoms with Gasteiger partial charge in [-0.3, -0.25) is 14.4 Å². The van der Waals surface area contributed by atoms with E-state index in [1.807, 2.05) is 0 Å². The number of hydrogen-bond acceptors (Lipinski definition) is 4. The van der Waals surface area contributed by atoms with E-state index in [0.717, 1.165) is 0 Å². The maximum atomic E-state index is 13.5. The van der Waals surface area contributed by atoms with E-state index in [-0.39, 0.29) is 23.0 Å². The van der Waals surface area contributed by atoms with Gasteiger partial charge in [0.2, 0.25) is 0 Å². The summed E-state index contributed by atoms with van der Waals surface area (Å²) in [7, 11) is 0. The molecule has 3 aromatic rings. The number of amides is 1. The SMILES string of the molecule is C[C@@H](Oc1ccc2c(-c3ccc(F)cc3Cl)c[nH]c(=O)c2c1)C(=O)N1CCC[C@H](C(=O)O)C1. The number of carbonyl (C=O) groups excluding carboxylic acids is 1.